The summed E-state index contributed by atoms with van der Waals surface area (Å²) in [7, 11) is 0. The van der Waals surface area contributed by atoms with Crippen molar-refractivity contribution in [1.29, 1.82) is 0 Å². The van der Waals surface area contributed by atoms with Gasteiger partial charge in [-0.05, 0) is 33.8 Å². The zero-order chi connectivity index (χ0) is 14.9. The molecule has 0 N–H and O–H groups in total. The molecule has 0 saturated heterocycles. The van der Waals surface area contributed by atoms with Crippen LogP contribution in [0.5, 0.6) is 0 Å². The van der Waals surface area contributed by atoms with Crippen molar-refractivity contribution in [3.05, 3.63) is 39.4 Å². The van der Waals surface area contributed by atoms with Crippen LogP contribution in [0.2, 0.25) is 5.02 Å². The normalized spacial score (nSPS) is 10.8. The van der Waals surface area contributed by atoms with Crippen LogP contribution in [-0.2, 0) is 13.0 Å². The van der Waals surface area contributed by atoms with E-state index in [4.69, 9.17) is 11.6 Å². The van der Waals surface area contributed by atoms with E-state index in [1.54, 1.807) is 17.7 Å². The number of carbonyl (C=O) groups is 1. The van der Waals surface area contributed by atoms with Gasteiger partial charge in [-0.25, -0.2) is 0 Å². The second-order valence-electron chi connectivity index (χ2n) is 4.75. The summed E-state index contributed by atoms with van der Waals surface area (Å²) in [6, 6.07) is 1.76. The number of nitrogens with zero attached hydrogens (tertiary/aromatic N) is 4. The molecule has 0 amide bonds. The van der Waals surface area contributed by atoms with Gasteiger partial charge in [0, 0.05) is 12.1 Å². The molecule has 2 rings (SSSR count). The van der Waals surface area contributed by atoms with E-state index in [2.05, 4.69) is 15.3 Å². The highest BCUT2D eigenvalue weighted by Gasteiger charge is 2.18. The van der Waals surface area contributed by atoms with Crippen LogP contribution < -0.4 is 0 Å². The number of Topliss-reactive ketones (excluding diaryl/α,β-unsaturated/α-hetero) is 1. The Morgan fingerprint density at radius 3 is 2.60 bits per heavy atom. The van der Waals surface area contributed by atoms with E-state index < -0.39 is 0 Å². The monoisotopic (exact) mass is 292 g/mol. The predicted molar refractivity (Wildman–Crippen MR) is 77.2 cm³/mol. The average molecular weight is 293 g/mol. The Bertz CT molecular complexity index is 663. The van der Waals surface area contributed by atoms with Gasteiger partial charge in [-0.15, -0.1) is 0 Å². The van der Waals surface area contributed by atoms with Gasteiger partial charge < -0.3 is 0 Å². The largest absolute Gasteiger partial charge is 0.294 e. The zero-order valence-electron chi connectivity index (χ0n) is 12.1. The summed E-state index contributed by atoms with van der Waals surface area (Å²) in [6.07, 6.45) is 0.222. The molecule has 0 unspecified atom stereocenters. The summed E-state index contributed by atoms with van der Waals surface area (Å²) in [5.74, 6) is -0.0167. The van der Waals surface area contributed by atoms with Gasteiger partial charge in [0.25, 0.3) is 0 Å². The molecule has 2 aromatic heterocycles. The second kappa shape index (κ2) is 5.71. The SMILES string of the molecule is CCn1nc(C)c(Cl)c1CC(=O)c1cc(C)nnc1C. The summed E-state index contributed by atoms with van der Waals surface area (Å²) in [6.45, 7) is 8.09. The van der Waals surface area contributed by atoms with Crippen molar-refractivity contribution in [3.8, 4) is 0 Å². The Labute approximate surface area is 123 Å². The van der Waals surface area contributed by atoms with Crippen LogP contribution in [0, 0.1) is 20.8 Å². The summed E-state index contributed by atoms with van der Waals surface area (Å²) in [4.78, 5) is 12.4. The summed E-state index contributed by atoms with van der Waals surface area (Å²) >= 11 is 6.23. The minimum Gasteiger partial charge on any atom is -0.294 e. The summed E-state index contributed by atoms with van der Waals surface area (Å²) in [5, 5.41) is 12.8. The first-order valence-corrected chi connectivity index (χ1v) is 6.87. The molecule has 0 aliphatic rings. The van der Waals surface area contributed by atoms with E-state index in [0.29, 0.717) is 22.8 Å². The average Bonchev–Trinajstić information content (AvgIpc) is 2.69. The number of aryl methyl sites for hydroxylation is 4. The maximum Gasteiger partial charge on any atom is 0.170 e. The van der Waals surface area contributed by atoms with Crippen molar-refractivity contribution in [2.45, 2.75) is 40.7 Å². The van der Waals surface area contributed by atoms with Gasteiger partial charge in [-0.1, -0.05) is 11.6 Å². The first-order chi connectivity index (χ1) is 9.43. The molecular formula is C14H17ClN4O. The predicted octanol–water partition coefficient (Wildman–Crippen LogP) is 2.70. The second-order valence-corrected chi connectivity index (χ2v) is 5.12. The van der Waals surface area contributed by atoms with Gasteiger partial charge in [0.05, 0.1) is 34.2 Å². The molecule has 0 bridgehead atoms. The molecule has 0 fully saturated rings. The van der Waals surface area contributed by atoms with E-state index in [1.807, 2.05) is 20.8 Å². The molecule has 0 atom stereocenters. The van der Waals surface area contributed by atoms with Crippen molar-refractivity contribution in [3.63, 3.8) is 0 Å². The minimum absolute atomic E-state index is 0.0167. The van der Waals surface area contributed by atoms with Crippen molar-refractivity contribution in [1.82, 2.24) is 20.0 Å². The van der Waals surface area contributed by atoms with Gasteiger partial charge in [0.15, 0.2) is 5.78 Å². The minimum atomic E-state index is -0.0167. The first kappa shape index (κ1) is 14.7. The fraction of sp³-hybridized carbons (Fsp3) is 0.429. The van der Waals surface area contributed by atoms with Crippen LogP contribution in [0.25, 0.3) is 0 Å². The number of aromatic nitrogens is 4. The van der Waals surface area contributed by atoms with Crippen LogP contribution >= 0.6 is 11.6 Å². The van der Waals surface area contributed by atoms with Crippen LogP contribution in [-0.4, -0.2) is 25.8 Å². The quantitative estimate of drug-likeness (QED) is 0.813. The lowest BCUT2D eigenvalue weighted by Gasteiger charge is -2.07. The lowest BCUT2D eigenvalue weighted by Crippen LogP contribution is -2.12. The molecule has 5 nitrogen and oxygen atoms in total. The third kappa shape index (κ3) is 2.72. The molecule has 106 valence electrons. The first-order valence-electron chi connectivity index (χ1n) is 6.50. The molecule has 0 aliphatic heterocycles. The Morgan fingerprint density at radius 1 is 1.25 bits per heavy atom. The number of rotatable bonds is 4. The number of hydrogen-bond donors (Lipinski definition) is 0. The van der Waals surface area contributed by atoms with Gasteiger partial charge >= 0.3 is 0 Å². The smallest absolute Gasteiger partial charge is 0.170 e. The van der Waals surface area contributed by atoms with Gasteiger partial charge in [0.1, 0.15) is 0 Å². The zero-order valence-corrected chi connectivity index (χ0v) is 12.8. The van der Waals surface area contributed by atoms with E-state index in [9.17, 15) is 4.79 Å². The third-order valence-electron chi connectivity index (χ3n) is 3.18. The number of halogens is 1. The molecule has 0 saturated carbocycles. The molecule has 0 spiro atoms. The molecule has 6 heteroatoms. The molecule has 2 heterocycles. The van der Waals surface area contributed by atoms with Crippen molar-refractivity contribution < 1.29 is 4.79 Å². The van der Waals surface area contributed by atoms with Crippen LogP contribution in [0.4, 0.5) is 0 Å². The van der Waals surface area contributed by atoms with Crippen LogP contribution in [0.1, 0.15) is 40.1 Å². The molecule has 0 aliphatic carbocycles. The van der Waals surface area contributed by atoms with E-state index in [1.165, 1.54) is 0 Å². The Morgan fingerprint density at radius 2 is 1.95 bits per heavy atom. The topological polar surface area (TPSA) is 60.7 Å². The van der Waals surface area contributed by atoms with Gasteiger partial charge in [0.2, 0.25) is 0 Å². The van der Waals surface area contributed by atoms with E-state index >= 15 is 0 Å². The van der Waals surface area contributed by atoms with Gasteiger partial charge in [-0.3, -0.25) is 9.48 Å². The lowest BCUT2D eigenvalue weighted by molar-refractivity contribution is 0.0989. The van der Waals surface area contributed by atoms with E-state index in [0.717, 1.165) is 17.1 Å². The Kier molecular flexibility index (Phi) is 4.18. The van der Waals surface area contributed by atoms with E-state index in [-0.39, 0.29) is 12.2 Å². The van der Waals surface area contributed by atoms with Crippen molar-refractivity contribution >= 4 is 17.4 Å². The van der Waals surface area contributed by atoms with Crippen molar-refractivity contribution in [2.75, 3.05) is 0 Å². The summed E-state index contributed by atoms with van der Waals surface area (Å²) < 4.78 is 1.77. The fourth-order valence-corrected chi connectivity index (χ4v) is 2.32. The number of carbonyl (C=O) groups excluding carboxylic acids is 1. The molecule has 20 heavy (non-hydrogen) atoms. The lowest BCUT2D eigenvalue weighted by atomic mass is 10.0. The standard InChI is InChI=1S/C14H17ClN4O/c1-5-19-12(14(15)10(4)18-19)7-13(20)11-6-8(2)16-17-9(11)3/h6H,5,7H2,1-4H3. The van der Waals surface area contributed by atoms with Gasteiger partial charge in [-0.2, -0.15) is 15.3 Å². The fourth-order valence-electron chi connectivity index (χ4n) is 2.12. The molecule has 2 aromatic rings. The Balaban J connectivity index is 2.35. The third-order valence-corrected chi connectivity index (χ3v) is 3.67. The van der Waals surface area contributed by atoms with Crippen molar-refractivity contribution in [2.24, 2.45) is 0 Å². The maximum atomic E-state index is 12.4. The Hall–Kier alpha value is -1.75. The summed E-state index contributed by atoms with van der Waals surface area (Å²) in [5.41, 5.74) is 3.46. The van der Waals surface area contributed by atoms with Crippen LogP contribution in [0.15, 0.2) is 6.07 Å². The molecule has 0 aromatic carbocycles. The maximum absolute atomic E-state index is 12.4. The molecule has 0 radical (unpaired) electrons. The highest BCUT2D eigenvalue weighted by atomic mass is 35.5. The number of hydrogen-bond acceptors (Lipinski definition) is 4. The van der Waals surface area contributed by atoms with Crippen LogP contribution in [0.3, 0.4) is 0 Å². The highest BCUT2D eigenvalue weighted by Crippen LogP contribution is 2.22. The molecular weight excluding hydrogens is 276 g/mol. The number of ketones is 1. The highest BCUT2D eigenvalue weighted by molar-refractivity contribution is 6.32.